The summed E-state index contributed by atoms with van der Waals surface area (Å²) in [7, 11) is 0. The Morgan fingerprint density at radius 1 is 1.32 bits per heavy atom. The Balaban J connectivity index is 2.58. The third kappa shape index (κ3) is 2.50. The Hall–Kier alpha value is -1.77. The highest BCUT2D eigenvalue weighted by Gasteiger charge is 2.18. The number of para-hydroxylation sites is 1. The van der Waals surface area contributed by atoms with Crippen LogP contribution in [0.25, 0.3) is 10.9 Å². The van der Waals surface area contributed by atoms with E-state index in [1.807, 2.05) is 6.07 Å². The topological polar surface area (TPSA) is 42.2 Å². The number of hydrogen-bond donors (Lipinski definition) is 1. The van der Waals surface area contributed by atoms with Crippen molar-refractivity contribution in [2.24, 2.45) is 5.92 Å². The second kappa shape index (κ2) is 5.08. The highest BCUT2D eigenvalue weighted by Crippen LogP contribution is 2.28. The number of carboxylic acids is 1. The standard InChI is InChI=1S/C16H21NO2/c1-10(2)17-14(8-12(4)16(18)19)9-13-7-5-6-11(3)15(13)17/h5-7,9-10,12H,8H2,1-4H3,(H,18,19). The molecular weight excluding hydrogens is 238 g/mol. The molecule has 0 saturated carbocycles. The molecule has 1 unspecified atom stereocenters. The van der Waals surface area contributed by atoms with Crippen LogP contribution < -0.4 is 0 Å². The molecule has 0 fully saturated rings. The number of fused-ring (bicyclic) bond motifs is 1. The zero-order chi connectivity index (χ0) is 14.2. The number of aryl methyl sites for hydroxylation is 1. The third-order valence-electron chi connectivity index (χ3n) is 3.59. The number of carbonyl (C=O) groups is 1. The molecule has 0 spiro atoms. The molecule has 0 saturated heterocycles. The average Bonchev–Trinajstić information content (AvgIpc) is 2.68. The minimum Gasteiger partial charge on any atom is -0.481 e. The van der Waals surface area contributed by atoms with E-state index in [2.05, 4.69) is 43.5 Å². The number of rotatable bonds is 4. The minimum atomic E-state index is -0.739. The zero-order valence-electron chi connectivity index (χ0n) is 12.0. The first-order valence-corrected chi connectivity index (χ1v) is 6.74. The predicted octanol–water partition coefficient (Wildman–Crippen LogP) is 3.79. The Bertz CT molecular complexity index is 610. The first-order chi connectivity index (χ1) is 8.91. The summed E-state index contributed by atoms with van der Waals surface area (Å²) in [5.41, 5.74) is 3.57. The van der Waals surface area contributed by atoms with E-state index in [-0.39, 0.29) is 5.92 Å². The summed E-state index contributed by atoms with van der Waals surface area (Å²) in [4.78, 5) is 11.1. The van der Waals surface area contributed by atoms with Crippen molar-refractivity contribution in [2.75, 3.05) is 0 Å². The predicted molar refractivity (Wildman–Crippen MR) is 77.6 cm³/mol. The van der Waals surface area contributed by atoms with Gasteiger partial charge < -0.3 is 9.67 Å². The summed E-state index contributed by atoms with van der Waals surface area (Å²) in [6, 6.07) is 8.70. The Morgan fingerprint density at radius 3 is 2.58 bits per heavy atom. The lowest BCUT2D eigenvalue weighted by Gasteiger charge is -2.17. The molecule has 2 aromatic rings. The minimum absolute atomic E-state index is 0.328. The molecule has 0 bridgehead atoms. The van der Waals surface area contributed by atoms with Gasteiger partial charge in [0.2, 0.25) is 0 Å². The largest absolute Gasteiger partial charge is 0.481 e. The summed E-state index contributed by atoms with van der Waals surface area (Å²) in [5, 5.41) is 10.3. The van der Waals surface area contributed by atoms with Gasteiger partial charge >= 0.3 is 5.97 Å². The van der Waals surface area contributed by atoms with Gasteiger partial charge in [-0.1, -0.05) is 25.1 Å². The van der Waals surface area contributed by atoms with Crippen LogP contribution in [-0.4, -0.2) is 15.6 Å². The molecule has 19 heavy (non-hydrogen) atoms. The average molecular weight is 259 g/mol. The molecule has 1 heterocycles. The Kier molecular flexibility index (Phi) is 3.65. The molecule has 1 aromatic carbocycles. The van der Waals surface area contributed by atoms with Crippen LogP contribution in [0.15, 0.2) is 24.3 Å². The zero-order valence-corrected chi connectivity index (χ0v) is 12.0. The molecule has 0 radical (unpaired) electrons. The molecule has 3 heteroatoms. The van der Waals surface area contributed by atoms with Gasteiger partial charge in [0, 0.05) is 23.5 Å². The molecule has 0 amide bonds. The van der Waals surface area contributed by atoms with Crippen molar-refractivity contribution < 1.29 is 9.90 Å². The normalized spacial score (nSPS) is 13.1. The van der Waals surface area contributed by atoms with Crippen molar-refractivity contribution >= 4 is 16.9 Å². The van der Waals surface area contributed by atoms with Crippen LogP contribution in [0.3, 0.4) is 0 Å². The number of carboxylic acid groups (broad SMARTS) is 1. The maximum Gasteiger partial charge on any atom is 0.306 e. The van der Waals surface area contributed by atoms with Gasteiger partial charge in [-0.05, 0) is 32.4 Å². The van der Waals surface area contributed by atoms with E-state index in [1.165, 1.54) is 16.5 Å². The van der Waals surface area contributed by atoms with E-state index in [0.29, 0.717) is 12.5 Å². The van der Waals surface area contributed by atoms with Gasteiger partial charge in [0.1, 0.15) is 0 Å². The monoisotopic (exact) mass is 259 g/mol. The highest BCUT2D eigenvalue weighted by molar-refractivity contribution is 5.84. The lowest BCUT2D eigenvalue weighted by molar-refractivity contribution is -0.141. The van der Waals surface area contributed by atoms with Crippen molar-refractivity contribution in [3.05, 3.63) is 35.5 Å². The summed E-state index contributed by atoms with van der Waals surface area (Å²) < 4.78 is 2.27. The van der Waals surface area contributed by atoms with Crippen LogP contribution in [0.2, 0.25) is 0 Å². The summed E-state index contributed by atoms with van der Waals surface area (Å²) in [5.74, 6) is -1.10. The molecule has 1 N–H and O–H groups in total. The third-order valence-corrected chi connectivity index (χ3v) is 3.59. The van der Waals surface area contributed by atoms with Crippen LogP contribution in [0.4, 0.5) is 0 Å². The molecule has 1 aromatic heterocycles. The fourth-order valence-electron chi connectivity index (χ4n) is 2.67. The van der Waals surface area contributed by atoms with Crippen LogP contribution in [0.1, 0.15) is 38.1 Å². The van der Waals surface area contributed by atoms with Gasteiger partial charge in [-0.3, -0.25) is 4.79 Å². The van der Waals surface area contributed by atoms with Gasteiger partial charge in [-0.15, -0.1) is 0 Å². The number of aliphatic carboxylic acids is 1. The van der Waals surface area contributed by atoms with Gasteiger partial charge in [-0.2, -0.15) is 0 Å². The SMILES string of the molecule is Cc1cccc2cc(CC(C)C(=O)O)n(C(C)C)c12. The molecule has 2 rings (SSSR count). The van der Waals surface area contributed by atoms with Gasteiger partial charge in [0.25, 0.3) is 0 Å². The van der Waals surface area contributed by atoms with Crippen LogP contribution in [0, 0.1) is 12.8 Å². The van der Waals surface area contributed by atoms with E-state index < -0.39 is 5.97 Å². The molecular formula is C16H21NO2. The van der Waals surface area contributed by atoms with E-state index in [0.717, 1.165) is 5.69 Å². The van der Waals surface area contributed by atoms with Crippen LogP contribution >= 0.6 is 0 Å². The quantitative estimate of drug-likeness (QED) is 0.907. The molecule has 102 valence electrons. The Morgan fingerprint density at radius 2 is 2.00 bits per heavy atom. The molecule has 3 nitrogen and oxygen atoms in total. The lowest BCUT2D eigenvalue weighted by atomic mass is 10.1. The number of nitrogens with zero attached hydrogens (tertiary/aromatic N) is 1. The number of hydrogen-bond acceptors (Lipinski definition) is 1. The molecule has 0 aliphatic carbocycles. The van der Waals surface area contributed by atoms with E-state index in [9.17, 15) is 4.79 Å². The van der Waals surface area contributed by atoms with Crippen molar-refractivity contribution in [1.82, 2.24) is 4.57 Å². The van der Waals surface area contributed by atoms with Gasteiger partial charge in [0.05, 0.1) is 11.4 Å². The fourth-order valence-corrected chi connectivity index (χ4v) is 2.67. The summed E-state index contributed by atoms with van der Waals surface area (Å²) in [6.45, 7) is 8.14. The van der Waals surface area contributed by atoms with E-state index in [4.69, 9.17) is 5.11 Å². The molecule has 0 aliphatic heterocycles. The van der Waals surface area contributed by atoms with Gasteiger partial charge in [0.15, 0.2) is 0 Å². The maximum atomic E-state index is 11.1. The second-order valence-electron chi connectivity index (χ2n) is 5.56. The fraction of sp³-hybridized carbons (Fsp3) is 0.438. The summed E-state index contributed by atoms with van der Waals surface area (Å²) in [6.07, 6.45) is 0.571. The Labute approximate surface area is 113 Å². The van der Waals surface area contributed by atoms with Crippen molar-refractivity contribution in [3.63, 3.8) is 0 Å². The van der Waals surface area contributed by atoms with Crippen LogP contribution in [0.5, 0.6) is 0 Å². The second-order valence-corrected chi connectivity index (χ2v) is 5.56. The van der Waals surface area contributed by atoms with Crippen molar-refractivity contribution in [3.8, 4) is 0 Å². The molecule has 1 atom stereocenters. The van der Waals surface area contributed by atoms with Crippen LogP contribution in [-0.2, 0) is 11.2 Å². The number of benzene rings is 1. The van der Waals surface area contributed by atoms with Gasteiger partial charge in [-0.25, -0.2) is 0 Å². The first kappa shape index (κ1) is 13.7. The van der Waals surface area contributed by atoms with Crippen molar-refractivity contribution in [2.45, 2.75) is 40.2 Å². The number of aromatic nitrogens is 1. The van der Waals surface area contributed by atoms with Crippen molar-refractivity contribution in [1.29, 1.82) is 0 Å². The highest BCUT2D eigenvalue weighted by atomic mass is 16.4. The maximum absolute atomic E-state index is 11.1. The van der Waals surface area contributed by atoms with E-state index >= 15 is 0 Å². The smallest absolute Gasteiger partial charge is 0.306 e. The van der Waals surface area contributed by atoms with E-state index in [1.54, 1.807) is 6.92 Å². The lowest BCUT2D eigenvalue weighted by Crippen LogP contribution is -2.16. The molecule has 0 aliphatic rings. The first-order valence-electron chi connectivity index (χ1n) is 6.74. The summed E-state index contributed by atoms with van der Waals surface area (Å²) >= 11 is 0.